The van der Waals surface area contributed by atoms with Crippen LogP contribution in [-0.2, 0) is 0 Å². The molecule has 0 spiro atoms. The number of nitrogens with one attached hydrogen (secondary N) is 1. The molecule has 0 aliphatic carbocycles. The van der Waals surface area contributed by atoms with Gasteiger partial charge in [-0.3, -0.25) is 0 Å². The molecule has 9 heavy (non-hydrogen) atoms. The zero-order valence-corrected chi connectivity index (χ0v) is 6.91. The molecule has 0 rings (SSSR count). The highest BCUT2D eigenvalue weighted by Crippen LogP contribution is 2.01. The standard InChI is InChI=1S/C8H19N/c1-4-6-8(3)7-9-5-2/h8-9H,4-7H2,1-3H3/t8-/m0/s1. The molecule has 0 aromatic carbocycles. The third kappa shape index (κ3) is 5.84. The second kappa shape index (κ2) is 6.09. The lowest BCUT2D eigenvalue weighted by Crippen LogP contribution is -2.20. The molecule has 0 saturated heterocycles. The van der Waals surface area contributed by atoms with E-state index in [9.17, 15) is 0 Å². The summed E-state index contributed by atoms with van der Waals surface area (Å²) in [7, 11) is 0. The first-order valence-corrected chi connectivity index (χ1v) is 4.02. The lowest BCUT2D eigenvalue weighted by atomic mass is 10.1. The lowest BCUT2D eigenvalue weighted by molar-refractivity contribution is 0.484. The Morgan fingerprint density at radius 1 is 1.33 bits per heavy atom. The highest BCUT2D eigenvalue weighted by Gasteiger charge is 1.96. The quantitative estimate of drug-likeness (QED) is 0.599. The predicted octanol–water partition coefficient (Wildman–Crippen LogP) is 2.03. The molecule has 0 bridgehead atoms. The normalized spacial score (nSPS) is 13.7. The molecular weight excluding hydrogens is 110 g/mol. The Morgan fingerprint density at radius 2 is 2.00 bits per heavy atom. The van der Waals surface area contributed by atoms with Crippen molar-refractivity contribution < 1.29 is 0 Å². The summed E-state index contributed by atoms with van der Waals surface area (Å²) in [6.07, 6.45) is 2.67. The largest absolute Gasteiger partial charge is 0.317 e. The molecule has 0 unspecified atom stereocenters. The maximum absolute atomic E-state index is 3.33. The van der Waals surface area contributed by atoms with E-state index in [4.69, 9.17) is 0 Å². The molecule has 1 heteroatoms. The van der Waals surface area contributed by atoms with Crippen molar-refractivity contribution in [1.82, 2.24) is 5.32 Å². The fourth-order valence-electron chi connectivity index (χ4n) is 0.986. The summed E-state index contributed by atoms with van der Waals surface area (Å²) >= 11 is 0. The first kappa shape index (κ1) is 8.96. The number of rotatable bonds is 5. The Balaban J connectivity index is 2.95. The predicted molar refractivity (Wildman–Crippen MR) is 42.6 cm³/mol. The summed E-state index contributed by atoms with van der Waals surface area (Å²) in [5.74, 6) is 0.856. The van der Waals surface area contributed by atoms with Crippen LogP contribution in [0.2, 0.25) is 0 Å². The fourth-order valence-corrected chi connectivity index (χ4v) is 0.986. The second-order valence-electron chi connectivity index (χ2n) is 2.70. The van der Waals surface area contributed by atoms with Crippen LogP contribution in [0.15, 0.2) is 0 Å². The van der Waals surface area contributed by atoms with Crippen LogP contribution in [0, 0.1) is 5.92 Å². The average molecular weight is 129 g/mol. The smallest absolute Gasteiger partial charge is 0.00233 e. The molecule has 0 amide bonds. The summed E-state index contributed by atoms with van der Waals surface area (Å²) in [5, 5.41) is 3.33. The van der Waals surface area contributed by atoms with E-state index in [0.29, 0.717) is 0 Å². The maximum Gasteiger partial charge on any atom is -0.00233 e. The number of hydrogen-bond donors (Lipinski definition) is 1. The highest BCUT2D eigenvalue weighted by atomic mass is 14.8. The Bertz CT molecular complexity index is 52.5. The Morgan fingerprint density at radius 3 is 2.44 bits per heavy atom. The molecule has 0 fully saturated rings. The van der Waals surface area contributed by atoms with Crippen LogP contribution in [0.5, 0.6) is 0 Å². The monoisotopic (exact) mass is 129 g/mol. The van der Waals surface area contributed by atoms with Crippen molar-refractivity contribution in [3.8, 4) is 0 Å². The summed E-state index contributed by atoms with van der Waals surface area (Å²) < 4.78 is 0. The van der Waals surface area contributed by atoms with Gasteiger partial charge in [-0.25, -0.2) is 0 Å². The topological polar surface area (TPSA) is 12.0 Å². The van der Waals surface area contributed by atoms with Gasteiger partial charge in [-0.1, -0.05) is 27.2 Å². The van der Waals surface area contributed by atoms with Gasteiger partial charge >= 0.3 is 0 Å². The van der Waals surface area contributed by atoms with Crippen molar-refractivity contribution in [2.24, 2.45) is 5.92 Å². The van der Waals surface area contributed by atoms with Gasteiger partial charge in [0, 0.05) is 0 Å². The third-order valence-electron chi connectivity index (χ3n) is 1.52. The molecule has 1 nitrogen and oxygen atoms in total. The molecule has 0 saturated carbocycles. The molecular formula is C8H19N. The lowest BCUT2D eigenvalue weighted by Gasteiger charge is -2.08. The Labute approximate surface area is 58.8 Å². The summed E-state index contributed by atoms with van der Waals surface area (Å²) in [4.78, 5) is 0. The van der Waals surface area contributed by atoms with Crippen molar-refractivity contribution in [3.05, 3.63) is 0 Å². The van der Waals surface area contributed by atoms with Gasteiger partial charge in [0.1, 0.15) is 0 Å². The molecule has 1 atom stereocenters. The highest BCUT2D eigenvalue weighted by molar-refractivity contribution is 4.53. The molecule has 0 aliphatic rings. The SMILES string of the molecule is CCC[C@H](C)CNCC. The first-order chi connectivity index (χ1) is 4.31. The summed E-state index contributed by atoms with van der Waals surface area (Å²) in [6, 6.07) is 0. The molecule has 0 aliphatic heterocycles. The molecule has 0 aromatic rings. The van der Waals surface area contributed by atoms with Gasteiger partial charge in [0.05, 0.1) is 0 Å². The minimum atomic E-state index is 0.856. The van der Waals surface area contributed by atoms with Crippen molar-refractivity contribution in [3.63, 3.8) is 0 Å². The van der Waals surface area contributed by atoms with Crippen LogP contribution in [-0.4, -0.2) is 13.1 Å². The van der Waals surface area contributed by atoms with Gasteiger partial charge in [-0.15, -0.1) is 0 Å². The van der Waals surface area contributed by atoms with E-state index < -0.39 is 0 Å². The van der Waals surface area contributed by atoms with Crippen LogP contribution in [0.25, 0.3) is 0 Å². The van der Waals surface area contributed by atoms with E-state index in [1.54, 1.807) is 0 Å². The van der Waals surface area contributed by atoms with Crippen LogP contribution in [0.3, 0.4) is 0 Å². The fraction of sp³-hybridized carbons (Fsp3) is 1.00. The summed E-state index contributed by atoms with van der Waals surface area (Å²) in [6.45, 7) is 8.98. The minimum Gasteiger partial charge on any atom is -0.317 e. The van der Waals surface area contributed by atoms with Gasteiger partial charge < -0.3 is 5.32 Å². The van der Waals surface area contributed by atoms with E-state index in [1.807, 2.05) is 0 Å². The molecule has 0 radical (unpaired) electrons. The van der Waals surface area contributed by atoms with Crippen LogP contribution in [0.1, 0.15) is 33.6 Å². The number of hydrogen-bond acceptors (Lipinski definition) is 1. The zero-order chi connectivity index (χ0) is 7.11. The van der Waals surface area contributed by atoms with Crippen molar-refractivity contribution in [1.29, 1.82) is 0 Å². The summed E-state index contributed by atoms with van der Waals surface area (Å²) in [5.41, 5.74) is 0. The van der Waals surface area contributed by atoms with E-state index in [-0.39, 0.29) is 0 Å². The average Bonchev–Trinajstić information content (AvgIpc) is 1.85. The molecule has 0 heterocycles. The zero-order valence-electron chi connectivity index (χ0n) is 6.91. The van der Waals surface area contributed by atoms with Gasteiger partial charge in [0.25, 0.3) is 0 Å². The van der Waals surface area contributed by atoms with Crippen molar-refractivity contribution in [2.45, 2.75) is 33.6 Å². The minimum absolute atomic E-state index is 0.856. The Kier molecular flexibility index (Phi) is 6.06. The van der Waals surface area contributed by atoms with E-state index >= 15 is 0 Å². The van der Waals surface area contributed by atoms with E-state index in [2.05, 4.69) is 26.1 Å². The van der Waals surface area contributed by atoms with E-state index in [0.717, 1.165) is 12.5 Å². The molecule has 1 N–H and O–H groups in total. The van der Waals surface area contributed by atoms with Crippen LogP contribution in [0.4, 0.5) is 0 Å². The Hall–Kier alpha value is -0.0400. The maximum atomic E-state index is 3.33. The van der Waals surface area contributed by atoms with Gasteiger partial charge in [-0.2, -0.15) is 0 Å². The van der Waals surface area contributed by atoms with Crippen LogP contribution < -0.4 is 5.32 Å². The third-order valence-corrected chi connectivity index (χ3v) is 1.52. The first-order valence-electron chi connectivity index (χ1n) is 4.02. The van der Waals surface area contributed by atoms with Crippen molar-refractivity contribution >= 4 is 0 Å². The van der Waals surface area contributed by atoms with Gasteiger partial charge in [-0.05, 0) is 25.4 Å². The van der Waals surface area contributed by atoms with Gasteiger partial charge in [0.15, 0.2) is 0 Å². The van der Waals surface area contributed by atoms with Gasteiger partial charge in [0.2, 0.25) is 0 Å². The molecule has 0 aromatic heterocycles. The van der Waals surface area contributed by atoms with Crippen molar-refractivity contribution in [2.75, 3.05) is 13.1 Å². The second-order valence-corrected chi connectivity index (χ2v) is 2.70. The van der Waals surface area contributed by atoms with E-state index in [1.165, 1.54) is 19.4 Å². The molecule has 56 valence electrons. The van der Waals surface area contributed by atoms with Crippen LogP contribution >= 0.6 is 0 Å².